The lowest BCUT2D eigenvalue weighted by atomic mass is 10.2. The molecule has 0 saturated carbocycles. The number of amides is 1. The van der Waals surface area contributed by atoms with Crippen molar-refractivity contribution in [1.82, 2.24) is 9.97 Å². The van der Waals surface area contributed by atoms with Gasteiger partial charge in [-0.3, -0.25) is 14.4 Å². The third-order valence-electron chi connectivity index (χ3n) is 4.12. The summed E-state index contributed by atoms with van der Waals surface area (Å²) < 4.78 is 4.60. The zero-order valence-electron chi connectivity index (χ0n) is 14.5. The molecule has 0 radical (unpaired) electrons. The van der Waals surface area contributed by atoms with Crippen LogP contribution in [0.2, 0.25) is 0 Å². The molecule has 7 nitrogen and oxygen atoms in total. The third kappa shape index (κ3) is 3.96. The second-order valence-electron chi connectivity index (χ2n) is 5.92. The number of rotatable bonds is 5. The monoisotopic (exact) mass is 373 g/mol. The molecular formula is C18H19N3O4S. The molecular weight excluding hydrogens is 354 g/mol. The van der Waals surface area contributed by atoms with Crippen molar-refractivity contribution < 1.29 is 14.3 Å². The highest BCUT2D eigenvalue weighted by Crippen LogP contribution is 2.30. The minimum absolute atomic E-state index is 0.0408. The van der Waals surface area contributed by atoms with Gasteiger partial charge in [0.2, 0.25) is 5.91 Å². The molecule has 136 valence electrons. The van der Waals surface area contributed by atoms with Crippen LogP contribution in [-0.2, 0) is 27.2 Å². The van der Waals surface area contributed by atoms with Gasteiger partial charge in [0.25, 0.3) is 5.56 Å². The zero-order valence-corrected chi connectivity index (χ0v) is 15.3. The van der Waals surface area contributed by atoms with E-state index in [1.165, 1.54) is 24.9 Å². The number of hydrogen-bond donors (Lipinski definition) is 1. The molecule has 1 atom stereocenters. The number of ether oxygens (including phenoxy) is 1. The van der Waals surface area contributed by atoms with Gasteiger partial charge in [-0.25, -0.2) is 4.98 Å². The van der Waals surface area contributed by atoms with Gasteiger partial charge in [-0.2, -0.15) is 0 Å². The summed E-state index contributed by atoms with van der Waals surface area (Å²) in [6.07, 6.45) is 0.749. The van der Waals surface area contributed by atoms with Crippen molar-refractivity contribution >= 4 is 29.3 Å². The normalized spacial score (nSPS) is 14.0. The van der Waals surface area contributed by atoms with Gasteiger partial charge < -0.3 is 14.6 Å². The number of benzene rings is 1. The Morgan fingerprint density at radius 3 is 2.92 bits per heavy atom. The standard InChI is InChI=1S/C18H19N3O4S/c1-11(17(24)21-8-7-12-5-3-4-6-14(12)21)26-18-19-13(9-15(22)20-18)10-16(23)25-2/h3-6,9,11H,7-8,10H2,1-2H3,(H,19,20,22)/t11-/m1/s1. The number of para-hydroxylation sites is 1. The van der Waals surface area contributed by atoms with Crippen molar-refractivity contribution in [2.45, 2.75) is 30.2 Å². The van der Waals surface area contributed by atoms with Crippen molar-refractivity contribution in [2.75, 3.05) is 18.6 Å². The number of aromatic amines is 1. The highest BCUT2D eigenvalue weighted by Gasteiger charge is 2.28. The molecule has 1 aliphatic heterocycles. The molecule has 2 heterocycles. The maximum Gasteiger partial charge on any atom is 0.311 e. The molecule has 1 N–H and O–H groups in total. The fourth-order valence-electron chi connectivity index (χ4n) is 2.85. The Hall–Kier alpha value is -2.61. The Balaban J connectivity index is 1.74. The number of esters is 1. The van der Waals surface area contributed by atoms with E-state index in [1.807, 2.05) is 24.3 Å². The third-order valence-corrected chi connectivity index (χ3v) is 5.09. The van der Waals surface area contributed by atoms with Crippen LogP contribution in [0, 0.1) is 0 Å². The molecule has 0 bridgehead atoms. The minimum atomic E-state index is -0.475. The van der Waals surface area contributed by atoms with Crippen LogP contribution >= 0.6 is 11.8 Å². The molecule has 1 aliphatic rings. The number of anilines is 1. The smallest absolute Gasteiger partial charge is 0.311 e. The van der Waals surface area contributed by atoms with Crippen LogP contribution in [0.25, 0.3) is 0 Å². The molecule has 0 spiro atoms. The lowest BCUT2D eigenvalue weighted by molar-refractivity contribution is -0.139. The highest BCUT2D eigenvalue weighted by atomic mass is 32.2. The first kappa shape index (κ1) is 18.2. The van der Waals surface area contributed by atoms with Gasteiger partial charge in [0, 0.05) is 18.3 Å². The number of H-pyrrole nitrogens is 1. The van der Waals surface area contributed by atoms with E-state index in [9.17, 15) is 14.4 Å². The van der Waals surface area contributed by atoms with Crippen molar-refractivity contribution in [3.8, 4) is 0 Å². The van der Waals surface area contributed by atoms with Gasteiger partial charge in [-0.1, -0.05) is 30.0 Å². The van der Waals surface area contributed by atoms with Gasteiger partial charge in [0.05, 0.1) is 24.5 Å². The second kappa shape index (κ2) is 7.74. The van der Waals surface area contributed by atoms with Crippen molar-refractivity contribution in [2.24, 2.45) is 0 Å². The maximum atomic E-state index is 12.8. The largest absolute Gasteiger partial charge is 0.469 e. The van der Waals surface area contributed by atoms with Crippen molar-refractivity contribution in [1.29, 1.82) is 0 Å². The number of methoxy groups -OCH3 is 1. The summed E-state index contributed by atoms with van der Waals surface area (Å²) in [5.74, 6) is -0.516. The average molecular weight is 373 g/mol. The molecule has 0 saturated heterocycles. The van der Waals surface area contributed by atoms with Gasteiger partial charge in [-0.15, -0.1) is 0 Å². The van der Waals surface area contributed by atoms with E-state index < -0.39 is 11.2 Å². The van der Waals surface area contributed by atoms with Crippen molar-refractivity contribution in [3.63, 3.8) is 0 Å². The Morgan fingerprint density at radius 1 is 1.38 bits per heavy atom. The first-order valence-corrected chi connectivity index (χ1v) is 9.09. The predicted molar refractivity (Wildman–Crippen MR) is 98.4 cm³/mol. The van der Waals surface area contributed by atoms with Gasteiger partial charge >= 0.3 is 5.97 Å². The first-order chi connectivity index (χ1) is 12.5. The molecule has 0 aliphatic carbocycles. The molecule has 1 aromatic heterocycles. The van der Waals surface area contributed by atoms with E-state index in [4.69, 9.17) is 0 Å². The maximum absolute atomic E-state index is 12.8. The highest BCUT2D eigenvalue weighted by molar-refractivity contribution is 8.00. The summed E-state index contributed by atoms with van der Waals surface area (Å²) >= 11 is 1.17. The molecule has 1 aromatic carbocycles. The number of nitrogens with zero attached hydrogens (tertiary/aromatic N) is 2. The summed E-state index contributed by atoms with van der Waals surface area (Å²) in [6.45, 7) is 2.43. The number of hydrogen-bond acceptors (Lipinski definition) is 6. The van der Waals surface area contributed by atoms with Gasteiger partial charge in [0.1, 0.15) is 0 Å². The number of fused-ring (bicyclic) bond motifs is 1. The molecule has 0 fully saturated rings. The molecule has 8 heteroatoms. The van der Waals surface area contributed by atoms with Crippen LogP contribution in [-0.4, -0.2) is 40.7 Å². The van der Waals surface area contributed by atoms with E-state index in [0.717, 1.165) is 17.7 Å². The summed E-state index contributed by atoms with van der Waals surface area (Å²) in [5.41, 5.74) is 2.04. The summed E-state index contributed by atoms with van der Waals surface area (Å²) in [5, 5.41) is -0.123. The van der Waals surface area contributed by atoms with Crippen LogP contribution < -0.4 is 10.5 Å². The number of carbonyl (C=O) groups is 2. The van der Waals surface area contributed by atoms with E-state index in [0.29, 0.717) is 17.4 Å². The van der Waals surface area contributed by atoms with Crippen LogP contribution in [0.1, 0.15) is 18.2 Å². The lowest BCUT2D eigenvalue weighted by Gasteiger charge is -2.21. The van der Waals surface area contributed by atoms with Gasteiger partial charge in [-0.05, 0) is 25.0 Å². The summed E-state index contributed by atoms with van der Waals surface area (Å²) in [6, 6.07) is 9.10. The van der Waals surface area contributed by atoms with E-state index >= 15 is 0 Å². The quantitative estimate of drug-likeness (QED) is 0.486. The van der Waals surface area contributed by atoms with E-state index in [2.05, 4.69) is 14.7 Å². The molecule has 3 rings (SSSR count). The fourth-order valence-corrected chi connectivity index (χ4v) is 3.75. The number of carbonyl (C=O) groups excluding carboxylic acids is 2. The Kier molecular flexibility index (Phi) is 5.41. The Bertz CT molecular complexity index is 896. The molecule has 1 amide bonds. The SMILES string of the molecule is COC(=O)Cc1cc(=O)[nH]c(S[C@H](C)C(=O)N2CCc3ccccc32)n1. The van der Waals surface area contributed by atoms with E-state index in [1.54, 1.807) is 11.8 Å². The zero-order chi connectivity index (χ0) is 18.7. The number of thioether (sulfide) groups is 1. The first-order valence-electron chi connectivity index (χ1n) is 8.21. The summed E-state index contributed by atoms with van der Waals surface area (Å²) in [7, 11) is 1.28. The Morgan fingerprint density at radius 2 is 2.15 bits per heavy atom. The van der Waals surface area contributed by atoms with Crippen LogP contribution in [0.15, 0.2) is 40.3 Å². The summed E-state index contributed by atoms with van der Waals surface area (Å²) in [4.78, 5) is 44.6. The molecule has 26 heavy (non-hydrogen) atoms. The predicted octanol–water partition coefficient (Wildman–Crippen LogP) is 1.56. The van der Waals surface area contributed by atoms with Crippen LogP contribution in [0.3, 0.4) is 0 Å². The number of nitrogens with one attached hydrogen (secondary N) is 1. The average Bonchev–Trinajstić information content (AvgIpc) is 3.04. The number of aromatic nitrogens is 2. The van der Waals surface area contributed by atoms with Crippen molar-refractivity contribution in [3.05, 3.63) is 51.9 Å². The van der Waals surface area contributed by atoms with Gasteiger partial charge in [0.15, 0.2) is 5.16 Å². The fraction of sp³-hybridized carbons (Fsp3) is 0.333. The minimum Gasteiger partial charge on any atom is -0.469 e. The van der Waals surface area contributed by atoms with E-state index in [-0.39, 0.29) is 17.9 Å². The van der Waals surface area contributed by atoms with Crippen LogP contribution in [0.5, 0.6) is 0 Å². The lowest BCUT2D eigenvalue weighted by Crippen LogP contribution is -2.35. The topological polar surface area (TPSA) is 92.4 Å². The molecule has 2 aromatic rings. The Labute approximate surface area is 154 Å². The second-order valence-corrected chi connectivity index (χ2v) is 7.25. The van der Waals surface area contributed by atoms with Crippen LogP contribution in [0.4, 0.5) is 5.69 Å². The molecule has 0 unspecified atom stereocenters.